The van der Waals surface area contributed by atoms with E-state index in [0.717, 1.165) is 22.5 Å². The summed E-state index contributed by atoms with van der Waals surface area (Å²) in [6, 6.07) is 12.7. The number of amides is 2. The van der Waals surface area contributed by atoms with Crippen LogP contribution in [0.25, 0.3) is 27.9 Å². The van der Waals surface area contributed by atoms with Crippen molar-refractivity contribution in [2.45, 2.75) is 13.8 Å². The van der Waals surface area contributed by atoms with Crippen LogP contribution in [0.2, 0.25) is 5.02 Å². The minimum absolute atomic E-state index is 0.117. The van der Waals surface area contributed by atoms with E-state index in [4.69, 9.17) is 16.1 Å². The molecule has 5 rings (SSSR count). The number of hydrogen-bond acceptors (Lipinski definition) is 9. The number of anilines is 2. The second kappa shape index (κ2) is 8.65. The van der Waals surface area contributed by atoms with E-state index in [1.165, 1.54) is 6.92 Å². The fourth-order valence-corrected chi connectivity index (χ4v) is 3.94. The molecule has 3 heterocycles. The second-order valence-corrected chi connectivity index (χ2v) is 8.40. The highest BCUT2D eigenvalue weighted by atomic mass is 35.5. The molecule has 0 aliphatic heterocycles. The van der Waals surface area contributed by atoms with Crippen LogP contribution in [0, 0.1) is 6.92 Å². The van der Waals surface area contributed by atoms with Crippen molar-refractivity contribution >= 4 is 56.9 Å². The Kier molecular flexibility index (Phi) is 5.51. The molecule has 11 nitrogen and oxygen atoms in total. The van der Waals surface area contributed by atoms with Crippen LogP contribution in [-0.2, 0) is 4.79 Å². The van der Waals surface area contributed by atoms with Gasteiger partial charge in [0, 0.05) is 29.0 Å². The van der Waals surface area contributed by atoms with Crippen LogP contribution in [0.15, 0.2) is 47.0 Å². The Morgan fingerprint density at radius 1 is 1.12 bits per heavy atom. The molecule has 34 heavy (non-hydrogen) atoms. The van der Waals surface area contributed by atoms with Crippen LogP contribution in [0.4, 0.5) is 11.1 Å². The highest BCUT2D eigenvalue weighted by Gasteiger charge is 2.20. The number of fused-ring (bicyclic) bond motifs is 1. The zero-order chi connectivity index (χ0) is 23.8. The first-order chi connectivity index (χ1) is 16.4. The molecule has 0 unspecified atom stereocenters. The van der Waals surface area contributed by atoms with Crippen molar-refractivity contribution in [2.24, 2.45) is 0 Å². The third-order valence-corrected chi connectivity index (χ3v) is 5.74. The number of carbonyl (C=O) groups is 2. The molecule has 0 bridgehead atoms. The summed E-state index contributed by atoms with van der Waals surface area (Å²) in [7, 11) is 0. The molecule has 5 aromatic rings. The van der Waals surface area contributed by atoms with Gasteiger partial charge >= 0.3 is 0 Å². The molecule has 0 fully saturated rings. The molecule has 0 radical (unpaired) electrons. The molecule has 0 aliphatic carbocycles. The maximum Gasteiger partial charge on any atom is 0.279 e. The number of aromatic nitrogens is 6. The Bertz CT molecular complexity index is 1540. The maximum absolute atomic E-state index is 12.7. The van der Waals surface area contributed by atoms with Crippen molar-refractivity contribution in [3.05, 3.63) is 58.9 Å². The number of nitrogens with one attached hydrogen (secondary N) is 2. The molecule has 3 aromatic heterocycles. The van der Waals surface area contributed by atoms with Crippen molar-refractivity contribution in [2.75, 3.05) is 10.6 Å². The second-order valence-electron chi connectivity index (χ2n) is 7.21. The lowest BCUT2D eigenvalue weighted by molar-refractivity contribution is -0.114. The van der Waals surface area contributed by atoms with E-state index >= 15 is 0 Å². The molecule has 2 N–H and O–H groups in total. The van der Waals surface area contributed by atoms with E-state index in [2.05, 4.69) is 35.5 Å². The van der Waals surface area contributed by atoms with Gasteiger partial charge in [-0.25, -0.2) is 4.68 Å². The van der Waals surface area contributed by atoms with Crippen LogP contribution in [0.1, 0.15) is 23.1 Å². The summed E-state index contributed by atoms with van der Waals surface area (Å²) in [6.07, 6.45) is 0. The fraction of sp³-hybridized carbons (Fsp3) is 0.0952. The van der Waals surface area contributed by atoms with E-state index in [9.17, 15) is 9.59 Å². The zero-order valence-electron chi connectivity index (χ0n) is 17.7. The fourth-order valence-electron chi connectivity index (χ4n) is 3.29. The molecule has 2 aromatic carbocycles. The lowest BCUT2D eigenvalue weighted by Gasteiger charge is -2.04. The lowest BCUT2D eigenvalue weighted by Crippen LogP contribution is -2.14. The first-order valence-corrected chi connectivity index (χ1v) is 11.0. The van der Waals surface area contributed by atoms with Gasteiger partial charge in [0.25, 0.3) is 5.91 Å². The average Bonchev–Trinajstić information content (AvgIpc) is 3.52. The third-order valence-electron chi connectivity index (χ3n) is 4.85. The topological polar surface area (TPSA) is 141 Å². The van der Waals surface area contributed by atoms with Crippen molar-refractivity contribution in [3.8, 4) is 17.0 Å². The molecule has 13 heteroatoms. The van der Waals surface area contributed by atoms with E-state index in [1.807, 2.05) is 24.3 Å². The van der Waals surface area contributed by atoms with Crippen molar-refractivity contribution in [1.29, 1.82) is 0 Å². The summed E-state index contributed by atoms with van der Waals surface area (Å²) in [4.78, 5) is 27.9. The number of carbonyl (C=O) groups excluding carboxylic acids is 2. The van der Waals surface area contributed by atoms with Gasteiger partial charge in [0.05, 0.1) is 16.8 Å². The van der Waals surface area contributed by atoms with E-state index in [-0.39, 0.29) is 22.7 Å². The Balaban J connectivity index is 1.43. The number of hydrogen-bond donors (Lipinski definition) is 2. The third kappa shape index (κ3) is 4.11. The van der Waals surface area contributed by atoms with E-state index in [0.29, 0.717) is 27.7 Å². The number of halogens is 1. The monoisotopic (exact) mass is 494 g/mol. The molecule has 0 atom stereocenters. The first kappa shape index (κ1) is 21.7. The Hall–Kier alpha value is -4.16. The SMILES string of the molecule is CC(=O)Nc1nsc(NC(=O)c2nnn(-c3ccc4noc(-c5ccc(Cl)cc5)c4c3)c2C)n1. The van der Waals surface area contributed by atoms with Crippen molar-refractivity contribution in [3.63, 3.8) is 0 Å². The van der Waals surface area contributed by atoms with Gasteiger partial charge in [-0.3, -0.25) is 20.2 Å². The van der Waals surface area contributed by atoms with Crippen molar-refractivity contribution in [1.82, 2.24) is 29.5 Å². The van der Waals surface area contributed by atoms with Gasteiger partial charge < -0.3 is 4.52 Å². The summed E-state index contributed by atoms with van der Waals surface area (Å²) in [6.45, 7) is 3.08. The highest BCUT2D eigenvalue weighted by Crippen LogP contribution is 2.31. The quantitative estimate of drug-likeness (QED) is 0.372. The number of nitrogens with zero attached hydrogens (tertiary/aromatic N) is 6. The summed E-state index contributed by atoms with van der Waals surface area (Å²) in [5.74, 6) is -0.0946. The van der Waals surface area contributed by atoms with Gasteiger partial charge in [-0.2, -0.15) is 9.36 Å². The van der Waals surface area contributed by atoms with Gasteiger partial charge in [0.1, 0.15) is 5.52 Å². The van der Waals surface area contributed by atoms with Crippen LogP contribution < -0.4 is 10.6 Å². The van der Waals surface area contributed by atoms with E-state index < -0.39 is 5.91 Å². The van der Waals surface area contributed by atoms with Gasteiger partial charge in [0.15, 0.2) is 11.5 Å². The summed E-state index contributed by atoms with van der Waals surface area (Å²) in [5.41, 5.74) is 2.83. The lowest BCUT2D eigenvalue weighted by atomic mass is 10.1. The molecule has 2 amide bonds. The molecule has 0 spiro atoms. The maximum atomic E-state index is 12.7. The predicted molar refractivity (Wildman–Crippen MR) is 126 cm³/mol. The zero-order valence-corrected chi connectivity index (χ0v) is 19.3. The molecule has 0 saturated heterocycles. The van der Waals surface area contributed by atoms with Gasteiger partial charge in [0.2, 0.25) is 17.0 Å². The summed E-state index contributed by atoms with van der Waals surface area (Å²) in [5, 5.41) is 19.0. The van der Waals surface area contributed by atoms with Gasteiger partial charge in [-0.15, -0.1) is 5.10 Å². The summed E-state index contributed by atoms with van der Waals surface area (Å²) >= 11 is 6.93. The van der Waals surface area contributed by atoms with Crippen LogP contribution in [0.3, 0.4) is 0 Å². The van der Waals surface area contributed by atoms with Crippen LogP contribution in [-0.4, -0.2) is 41.3 Å². The molecule has 170 valence electrons. The Labute approximate surface area is 200 Å². The Morgan fingerprint density at radius 2 is 1.91 bits per heavy atom. The van der Waals surface area contributed by atoms with Gasteiger partial charge in [-0.1, -0.05) is 22.0 Å². The average molecular weight is 495 g/mol. The molecule has 0 saturated carbocycles. The van der Waals surface area contributed by atoms with E-state index in [1.54, 1.807) is 29.8 Å². The molecular weight excluding hydrogens is 480 g/mol. The minimum Gasteiger partial charge on any atom is -0.355 e. The standard InChI is InChI=1S/C21H15ClN8O3S/c1-10-17(19(32)24-21-25-20(28-34-21)23-11(2)31)26-29-30(10)14-7-8-16-15(9-14)18(33-27-16)12-3-5-13(22)6-4-12/h3-9H,1-2H3,(H2,23,24,25,28,31,32). The predicted octanol–water partition coefficient (Wildman–Crippen LogP) is 4.10. The minimum atomic E-state index is -0.498. The normalized spacial score (nSPS) is 11.0. The number of benzene rings is 2. The smallest absolute Gasteiger partial charge is 0.279 e. The first-order valence-electron chi connectivity index (χ1n) is 9.90. The van der Waals surface area contributed by atoms with Crippen molar-refractivity contribution < 1.29 is 14.1 Å². The summed E-state index contributed by atoms with van der Waals surface area (Å²) < 4.78 is 11.1. The highest BCUT2D eigenvalue weighted by molar-refractivity contribution is 7.10. The molecule has 0 aliphatic rings. The number of rotatable bonds is 5. The largest absolute Gasteiger partial charge is 0.355 e. The molecular formula is C21H15ClN8O3S. The van der Waals surface area contributed by atoms with Gasteiger partial charge in [-0.05, 0) is 49.4 Å². The van der Waals surface area contributed by atoms with Crippen LogP contribution >= 0.6 is 23.1 Å². The van der Waals surface area contributed by atoms with Crippen LogP contribution in [0.5, 0.6) is 0 Å². The Morgan fingerprint density at radius 3 is 2.68 bits per heavy atom.